The molecule has 24 heavy (non-hydrogen) atoms. The third kappa shape index (κ3) is 7.59. The van der Waals surface area contributed by atoms with E-state index in [0.29, 0.717) is 19.5 Å². The first-order valence-corrected chi connectivity index (χ1v) is 10.7. The molecular formula is C15H29N5O2S2. The highest BCUT2D eigenvalue weighted by Crippen LogP contribution is 2.07. The summed E-state index contributed by atoms with van der Waals surface area (Å²) in [6.07, 6.45) is 1.55. The number of thiazole rings is 1. The van der Waals surface area contributed by atoms with Crippen molar-refractivity contribution in [3.05, 3.63) is 16.1 Å². The predicted octanol–water partition coefficient (Wildman–Crippen LogP) is 1.22. The monoisotopic (exact) mass is 375 g/mol. The Balaban J connectivity index is 2.36. The quantitative estimate of drug-likeness (QED) is 0.365. The van der Waals surface area contributed by atoms with Crippen molar-refractivity contribution >= 4 is 27.3 Å². The molecule has 0 radical (unpaired) electrons. The summed E-state index contributed by atoms with van der Waals surface area (Å²) < 4.78 is 24.7. The summed E-state index contributed by atoms with van der Waals surface area (Å²) in [5, 5.41) is 9.63. The maximum atomic E-state index is 11.7. The van der Waals surface area contributed by atoms with E-state index in [-0.39, 0.29) is 5.75 Å². The number of sulfonamides is 1. The van der Waals surface area contributed by atoms with Gasteiger partial charge in [-0.2, -0.15) is 0 Å². The zero-order valence-corrected chi connectivity index (χ0v) is 16.6. The van der Waals surface area contributed by atoms with Gasteiger partial charge in [-0.15, -0.1) is 11.3 Å². The van der Waals surface area contributed by atoms with Gasteiger partial charge in [0, 0.05) is 45.0 Å². The van der Waals surface area contributed by atoms with Gasteiger partial charge in [0.15, 0.2) is 5.96 Å². The van der Waals surface area contributed by atoms with E-state index in [4.69, 9.17) is 0 Å². The van der Waals surface area contributed by atoms with Crippen LogP contribution in [0.1, 0.15) is 31.0 Å². The smallest absolute Gasteiger partial charge is 0.213 e. The molecule has 1 rings (SSSR count). The van der Waals surface area contributed by atoms with Crippen LogP contribution in [0.25, 0.3) is 0 Å². The van der Waals surface area contributed by atoms with Crippen LogP contribution in [0.5, 0.6) is 0 Å². The molecule has 0 atom stereocenters. The van der Waals surface area contributed by atoms with Crippen LogP contribution in [0, 0.1) is 6.92 Å². The van der Waals surface area contributed by atoms with E-state index in [1.165, 1.54) is 4.31 Å². The standard InChI is InChI=1S/C15H29N5O2S2/c1-5-16-15(18-10-8-14-12-23-13(3)19-14)17-9-7-11-20(4)24(21,22)6-2/h12H,5-11H2,1-4H3,(H2,16,17,18). The number of nitrogens with one attached hydrogen (secondary N) is 2. The van der Waals surface area contributed by atoms with Crippen LogP contribution in [0.15, 0.2) is 10.4 Å². The van der Waals surface area contributed by atoms with Crippen molar-refractivity contribution in [2.24, 2.45) is 4.99 Å². The highest BCUT2D eigenvalue weighted by molar-refractivity contribution is 7.89. The summed E-state index contributed by atoms with van der Waals surface area (Å²) >= 11 is 1.66. The van der Waals surface area contributed by atoms with Crippen LogP contribution in [-0.4, -0.2) is 62.6 Å². The molecule has 1 aromatic rings. The van der Waals surface area contributed by atoms with Crippen LogP contribution in [-0.2, 0) is 16.4 Å². The van der Waals surface area contributed by atoms with Crippen LogP contribution in [0.4, 0.5) is 0 Å². The lowest BCUT2D eigenvalue weighted by Crippen LogP contribution is -2.38. The zero-order chi connectivity index (χ0) is 18.0. The molecule has 138 valence electrons. The van der Waals surface area contributed by atoms with Crippen molar-refractivity contribution in [2.45, 2.75) is 33.6 Å². The number of aryl methyl sites for hydroxylation is 1. The van der Waals surface area contributed by atoms with Gasteiger partial charge >= 0.3 is 0 Å². The molecule has 0 unspecified atom stereocenters. The lowest BCUT2D eigenvalue weighted by molar-refractivity contribution is 0.465. The van der Waals surface area contributed by atoms with Crippen molar-refractivity contribution in [1.82, 2.24) is 19.9 Å². The molecule has 9 heteroatoms. The number of nitrogens with zero attached hydrogens (tertiary/aromatic N) is 3. The molecular weight excluding hydrogens is 346 g/mol. The Labute approximate surface area is 149 Å². The Morgan fingerprint density at radius 2 is 2.12 bits per heavy atom. The van der Waals surface area contributed by atoms with E-state index in [2.05, 4.69) is 26.0 Å². The number of aromatic nitrogens is 1. The fourth-order valence-electron chi connectivity index (χ4n) is 2.02. The van der Waals surface area contributed by atoms with E-state index in [1.54, 1.807) is 25.3 Å². The maximum absolute atomic E-state index is 11.7. The number of hydrogen-bond donors (Lipinski definition) is 2. The van der Waals surface area contributed by atoms with Crippen molar-refractivity contribution in [3.8, 4) is 0 Å². The van der Waals surface area contributed by atoms with Gasteiger partial charge in [0.25, 0.3) is 0 Å². The second-order valence-corrected chi connectivity index (χ2v) is 8.80. The zero-order valence-electron chi connectivity index (χ0n) is 15.0. The molecule has 0 bridgehead atoms. The molecule has 0 aliphatic heterocycles. The average molecular weight is 376 g/mol. The molecule has 0 aliphatic carbocycles. The molecule has 0 amide bonds. The summed E-state index contributed by atoms with van der Waals surface area (Å²) in [5.41, 5.74) is 1.09. The predicted molar refractivity (Wildman–Crippen MR) is 101 cm³/mol. The van der Waals surface area contributed by atoms with Crippen molar-refractivity contribution in [3.63, 3.8) is 0 Å². The third-order valence-electron chi connectivity index (χ3n) is 3.43. The van der Waals surface area contributed by atoms with Gasteiger partial charge in [-0.05, 0) is 27.2 Å². The van der Waals surface area contributed by atoms with Gasteiger partial charge in [-0.3, -0.25) is 4.99 Å². The number of guanidine groups is 1. The van der Waals surface area contributed by atoms with E-state index >= 15 is 0 Å². The van der Waals surface area contributed by atoms with E-state index < -0.39 is 10.0 Å². The second-order valence-electron chi connectivity index (χ2n) is 5.37. The van der Waals surface area contributed by atoms with Crippen molar-refractivity contribution < 1.29 is 8.42 Å². The van der Waals surface area contributed by atoms with Gasteiger partial charge in [0.05, 0.1) is 16.5 Å². The highest BCUT2D eigenvalue weighted by atomic mass is 32.2. The summed E-state index contributed by atoms with van der Waals surface area (Å²) in [5.74, 6) is 0.887. The highest BCUT2D eigenvalue weighted by Gasteiger charge is 2.13. The molecule has 0 saturated heterocycles. The molecule has 2 N–H and O–H groups in total. The van der Waals surface area contributed by atoms with Crippen LogP contribution < -0.4 is 10.6 Å². The third-order valence-corrected chi connectivity index (χ3v) is 6.11. The minimum Gasteiger partial charge on any atom is -0.357 e. The Bertz CT molecular complexity index is 613. The maximum Gasteiger partial charge on any atom is 0.213 e. The van der Waals surface area contributed by atoms with E-state index in [1.807, 2.05) is 13.8 Å². The Morgan fingerprint density at radius 1 is 1.38 bits per heavy atom. The van der Waals surface area contributed by atoms with Gasteiger partial charge in [0.1, 0.15) is 0 Å². The molecule has 0 fully saturated rings. The SMILES string of the molecule is CCNC(=NCCCN(C)S(=O)(=O)CC)NCCc1csc(C)n1. The van der Waals surface area contributed by atoms with Crippen molar-refractivity contribution in [2.75, 3.05) is 39.0 Å². The lowest BCUT2D eigenvalue weighted by Gasteiger charge is -2.15. The first-order chi connectivity index (χ1) is 11.4. The minimum atomic E-state index is -3.10. The molecule has 7 nitrogen and oxygen atoms in total. The Morgan fingerprint density at radius 3 is 2.71 bits per heavy atom. The van der Waals surface area contributed by atoms with Crippen molar-refractivity contribution in [1.29, 1.82) is 0 Å². The van der Waals surface area contributed by atoms with E-state index in [9.17, 15) is 8.42 Å². The number of rotatable bonds is 10. The molecule has 0 saturated carbocycles. The first kappa shape index (κ1) is 20.9. The largest absolute Gasteiger partial charge is 0.357 e. The average Bonchev–Trinajstić information content (AvgIpc) is 2.96. The molecule has 1 heterocycles. The van der Waals surface area contributed by atoms with Crippen LogP contribution >= 0.6 is 11.3 Å². The molecule has 0 spiro atoms. The number of aliphatic imine (C=N–C) groups is 1. The topological polar surface area (TPSA) is 86.7 Å². The van der Waals surface area contributed by atoms with E-state index in [0.717, 1.165) is 36.2 Å². The summed E-state index contributed by atoms with van der Waals surface area (Å²) in [6, 6.07) is 0. The molecule has 1 aromatic heterocycles. The van der Waals surface area contributed by atoms with Gasteiger partial charge in [-0.25, -0.2) is 17.7 Å². The van der Waals surface area contributed by atoms with Gasteiger partial charge < -0.3 is 10.6 Å². The summed E-state index contributed by atoms with van der Waals surface area (Å²) in [4.78, 5) is 8.92. The van der Waals surface area contributed by atoms with Gasteiger partial charge in [-0.1, -0.05) is 0 Å². The normalized spacial score (nSPS) is 12.6. The fraction of sp³-hybridized carbons (Fsp3) is 0.733. The summed E-state index contributed by atoms with van der Waals surface area (Å²) in [7, 11) is -1.49. The van der Waals surface area contributed by atoms with Crippen LogP contribution in [0.2, 0.25) is 0 Å². The minimum absolute atomic E-state index is 0.132. The lowest BCUT2D eigenvalue weighted by atomic mass is 10.3. The van der Waals surface area contributed by atoms with Gasteiger partial charge in [0.2, 0.25) is 10.0 Å². The Kier molecular flexibility index (Phi) is 9.24. The molecule has 0 aromatic carbocycles. The second kappa shape index (κ2) is 10.6. The fourth-order valence-corrected chi connectivity index (χ4v) is 3.51. The van der Waals surface area contributed by atoms with Crippen LogP contribution in [0.3, 0.4) is 0 Å². The number of hydrogen-bond acceptors (Lipinski definition) is 5. The molecule has 0 aliphatic rings. The Hall–Kier alpha value is -1.19. The first-order valence-electron chi connectivity index (χ1n) is 8.26. The summed E-state index contributed by atoms with van der Waals surface area (Å²) in [6.45, 7) is 8.28.